The number of imidazole rings is 1. The van der Waals surface area contributed by atoms with E-state index < -0.39 is 0 Å². The van der Waals surface area contributed by atoms with Crippen LogP contribution < -0.4 is 0 Å². The van der Waals surface area contributed by atoms with Gasteiger partial charge in [-0.3, -0.25) is 0 Å². The average molecular weight is 299 g/mol. The molecule has 2 atom stereocenters. The smallest absolute Gasteiger partial charge is 0.108 e. The molecular formula is C18H25N3O. The molecular weight excluding hydrogens is 274 g/mol. The van der Waals surface area contributed by atoms with Gasteiger partial charge in [0.25, 0.3) is 0 Å². The molecule has 2 aromatic rings. The number of aliphatic hydroxyl groups is 1. The SMILES string of the molecule is CN(C[C@H](O)Cc1ccccc1)C[C@@H]1CCc2nccn2C1. The molecule has 2 heterocycles. The summed E-state index contributed by atoms with van der Waals surface area (Å²) in [7, 11) is 2.11. The van der Waals surface area contributed by atoms with Crippen LogP contribution in [0.5, 0.6) is 0 Å². The van der Waals surface area contributed by atoms with Crippen molar-refractivity contribution in [1.29, 1.82) is 0 Å². The van der Waals surface area contributed by atoms with E-state index in [0.717, 1.165) is 32.5 Å². The van der Waals surface area contributed by atoms with E-state index in [1.54, 1.807) is 0 Å². The topological polar surface area (TPSA) is 41.3 Å². The van der Waals surface area contributed by atoms with Crippen LogP contribution in [-0.4, -0.2) is 45.8 Å². The van der Waals surface area contributed by atoms with E-state index in [0.29, 0.717) is 5.92 Å². The number of aromatic nitrogens is 2. The maximum Gasteiger partial charge on any atom is 0.108 e. The van der Waals surface area contributed by atoms with Crippen LogP contribution in [0.2, 0.25) is 0 Å². The summed E-state index contributed by atoms with van der Waals surface area (Å²) in [6, 6.07) is 10.2. The van der Waals surface area contributed by atoms with Crippen molar-refractivity contribution < 1.29 is 5.11 Å². The minimum absolute atomic E-state index is 0.306. The highest BCUT2D eigenvalue weighted by Crippen LogP contribution is 2.19. The zero-order chi connectivity index (χ0) is 15.4. The Labute approximate surface area is 132 Å². The minimum Gasteiger partial charge on any atom is -0.391 e. The molecule has 1 N–H and O–H groups in total. The van der Waals surface area contributed by atoms with Gasteiger partial charge in [-0.15, -0.1) is 0 Å². The number of rotatable bonds is 6. The molecule has 22 heavy (non-hydrogen) atoms. The Balaban J connectivity index is 1.45. The summed E-state index contributed by atoms with van der Waals surface area (Å²) in [5, 5.41) is 10.3. The molecule has 1 aromatic heterocycles. The van der Waals surface area contributed by atoms with Crippen LogP contribution in [-0.2, 0) is 19.4 Å². The number of hydrogen-bond acceptors (Lipinski definition) is 3. The van der Waals surface area contributed by atoms with Gasteiger partial charge in [-0.05, 0) is 31.4 Å². The normalized spacial score (nSPS) is 19.1. The third-order valence-corrected chi connectivity index (χ3v) is 4.44. The highest BCUT2D eigenvalue weighted by atomic mass is 16.3. The van der Waals surface area contributed by atoms with Gasteiger partial charge in [0.15, 0.2) is 0 Å². The molecule has 1 aromatic carbocycles. The van der Waals surface area contributed by atoms with Crippen LogP contribution in [0, 0.1) is 5.92 Å². The van der Waals surface area contributed by atoms with Crippen LogP contribution in [0.3, 0.4) is 0 Å². The van der Waals surface area contributed by atoms with Crippen molar-refractivity contribution in [2.45, 2.75) is 31.9 Å². The molecule has 0 saturated heterocycles. The van der Waals surface area contributed by atoms with E-state index >= 15 is 0 Å². The van der Waals surface area contributed by atoms with Gasteiger partial charge < -0.3 is 14.6 Å². The van der Waals surface area contributed by atoms with Crippen LogP contribution in [0.15, 0.2) is 42.7 Å². The van der Waals surface area contributed by atoms with Crippen LogP contribution in [0.1, 0.15) is 17.8 Å². The fraction of sp³-hybridized carbons (Fsp3) is 0.500. The van der Waals surface area contributed by atoms with Crippen molar-refractivity contribution in [3.63, 3.8) is 0 Å². The molecule has 0 fully saturated rings. The predicted molar refractivity (Wildman–Crippen MR) is 87.7 cm³/mol. The van der Waals surface area contributed by atoms with E-state index in [9.17, 15) is 5.11 Å². The Kier molecular flexibility index (Phi) is 4.90. The van der Waals surface area contributed by atoms with Gasteiger partial charge in [-0.1, -0.05) is 30.3 Å². The molecule has 4 heteroatoms. The number of aliphatic hydroxyl groups excluding tert-OH is 1. The summed E-state index contributed by atoms with van der Waals surface area (Å²) in [5.74, 6) is 1.86. The Bertz CT molecular complexity index is 581. The monoisotopic (exact) mass is 299 g/mol. The first kappa shape index (κ1) is 15.3. The lowest BCUT2D eigenvalue weighted by atomic mass is 9.98. The molecule has 0 unspecified atom stereocenters. The van der Waals surface area contributed by atoms with Gasteiger partial charge in [-0.25, -0.2) is 4.98 Å². The highest BCUT2D eigenvalue weighted by molar-refractivity contribution is 5.15. The number of benzene rings is 1. The number of fused-ring (bicyclic) bond motifs is 1. The molecule has 118 valence electrons. The largest absolute Gasteiger partial charge is 0.391 e. The lowest BCUT2D eigenvalue weighted by Gasteiger charge is -2.29. The Morgan fingerprint density at radius 1 is 1.36 bits per heavy atom. The number of hydrogen-bond donors (Lipinski definition) is 1. The molecule has 1 aliphatic rings. The molecule has 4 nitrogen and oxygen atoms in total. The molecule has 0 radical (unpaired) electrons. The molecule has 0 spiro atoms. The van der Waals surface area contributed by atoms with Crippen molar-refractivity contribution in [3.8, 4) is 0 Å². The third-order valence-electron chi connectivity index (χ3n) is 4.44. The van der Waals surface area contributed by atoms with E-state index in [4.69, 9.17) is 0 Å². The summed E-state index contributed by atoms with van der Waals surface area (Å²) in [6.45, 7) is 2.81. The zero-order valence-electron chi connectivity index (χ0n) is 13.2. The third kappa shape index (κ3) is 3.96. The van der Waals surface area contributed by atoms with Gasteiger partial charge in [0.05, 0.1) is 6.10 Å². The Hall–Kier alpha value is -1.65. The summed E-state index contributed by atoms with van der Waals surface area (Å²) in [5.41, 5.74) is 1.20. The molecule has 1 aliphatic heterocycles. The second-order valence-electron chi connectivity index (χ2n) is 6.47. The van der Waals surface area contributed by atoms with Crippen molar-refractivity contribution in [2.75, 3.05) is 20.1 Å². The standard InChI is InChI=1S/C18H25N3O/c1-20(14-17(22)11-15-5-3-2-4-6-15)12-16-7-8-18-19-9-10-21(18)13-16/h2-6,9-10,16-17,22H,7-8,11-14H2,1H3/t16-,17+/m0/s1. The quantitative estimate of drug-likeness (QED) is 0.887. The second kappa shape index (κ2) is 7.07. The fourth-order valence-corrected chi connectivity index (χ4v) is 3.41. The summed E-state index contributed by atoms with van der Waals surface area (Å²) < 4.78 is 2.27. The molecule has 0 amide bonds. The zero-order valence-corrected chi connectivity index (χ0v) is 13.2. The van der Waals surface area contributed by atoms with Crippen molar-refractivity contribution >= 4 is 0 Å². The Morgan fingerprint density at radius 2 is 2.18 bits per heavy atom. The maximum absolute atomic E-state index is 10.3. The highest BCUT2D eigenvalue weighted by Gasteiger charge is 2.20. The predicted octanol–water partition coefficient (Wildman–Crippen LogP) is 1.98. The number of likely N-dealkylation sites (N-methyl/N-ethyl adjacent to an activating group) is 1. The van der Waals surface area contributed by atoms with Gasteiger partial charge in [0.1, 0.15) is 5.82 Å². The second-order valence-corrected chi connectivity index (χ2v) is 6.47. The van der Waals surface area contributed by atoms with Gasteiger partial charge >= 0.3 is 0 Å². The van der Waals surface area contributed by atoms with Crippen molar-refractivity contribution in [1.82, 2.24) is 14.5 Å². The van der Waals surface area contributed by atoms with E-state index in [1.165, 1.54) is 17.8 Å². The van der Waals surface area contributed by atoms with Crippen LogP contribution in [0.4, 0.5) is 0 Å². The van der Waals surface area contributed by atoms with E-state index in [-0.39, 0.29) is 6.10 Å². The summed E-state index contributed by atoms with van der Waals surface area (Å²) in [6.07, 6.45) is 6.65. The molecule has 0 saturated carbocycles. The minimum atomic E-state index is -0.306. The van der Waals surface area contributed by atoms with Crippen molar-refractivity contribution in [2.24, 2.45) is 5.92 Å². The lowest BCUT2D eigenvalue weighted by molar-refractivity contribution is 0.112. The summed E-state index contributed by atoms with van der Waals surface area (Å²) in [4.78, 5) is 6.64. The first-order valence-electron chi connectivity index (χ1n) is 8.11. The first-order valence-corrected chi connectivity index (χ1v) is 8.11. The van der Waals surface area contributed by atoms with E-state index in [2.05, 4.69) is 39.8 Å². The fourth-order valence-electron chi connectivity index (χ4n) is 3.41. The average Bonchev–Trinajstić information content (AvgIpc) is 2.95. The summed E-state index contributed by atoms with van der Waals surface area (Å²) >= 11 is 0. The van der Waals surface area contributed by atoms with Crippen LogP contribution in [0.25, 0.3) is 0 Å². The number of aryl methyl sites for hydroxylation is 1. The van der Waals surface area contributed by atoms with Gasteiger partial charge in [0.2, 0.25) is 0 Å². The molecule has 3 rings (SSSR count). The first-order chi connectivity index (χ1) is 10.7. The Morgan fingerprint density at radius 3 is 3.00 bits per heavy atom. The maximum atomic E-state index is 10.3. The molecule has 0 aliphatic carbocycles. The van der Waals surface area contributed by atoms with Crippen LogP contribution >= 0.6 is 0 Å². The molecule has 0 bridgehead atoms. The number of nitrogens with zero attached hydrogens (tertiary/aromatic N) is 3. The van der Waals surface area contributed by atoms with Gasteiger partial charge in [0, 0.05) is 38.4 Å². The van der Waals surface area contributed by atoms with Crippen molar-refractivity contribution in [3.05, 3.63) is 54.1 Å². The van der Waals surface area contributed by atoms with Gasteiger partial charge in [-0.2, -0.15) is 0 Å². The van der Waals surface area contributed by atoms with E-state index in [1.807, 2.05) is 24.4 Å². The lowest BCUT2D eigenvalue weighted by Crippen LogP contribution is -2.36.